The lowest BCUT2D eigenvalue weighted by atomic mass is 10.2. The van der Waals surface area contributed by atoms with Crippen LogP contribution in [0.3, 0.4) is 0 Å². The van der Waals surface area contributed by atoms with Gasteiger partial charge in [-0.25, -0.2) is 9.59 Å². The summed E-state index contributed by atoms with van der Waals surface area (Å²) < 4.78 is 5.00. The van der Waals surface area contributed by atoms with Gasteiger partial charge in [-0.3, -0.25) is 0 Å². The zero-order chi connectivity index (χ0) is 15.2. The second kappa shape index (κ2) is 7.59. The van der Waals surface area contributed by atoms with Crippen molar-refractivity contribution in [2.45, 2.75) is 57.6 Å². The van der Waals surface area contributed by atoms with Crippen LogP contribution < -0.4 is 5.32 Å². The average molecular weight is 293 g/mol. The van der Waals surface area contributed by atoms with Crippen LogP contribution in [0.1, 0.15) is 34.6 Å². The van der Waals surface area contributed by atoms with Crippen molar-refractivity contribution < 1.29 is 24.5 Å². The summed E-state index contributed by atoms with van der Waals surface area (Å²) in [6.07, 6.45) is -1.30. The van der Waals surface area contributed by atoms with Gasteiger partial charge in [0.15, 0.2) is 0 Å². The van der Waals surface area contributed by atoms with Crippen LogP contribution in [0.2, 0.25) is 0 Å². The third-order valence-corrected chi connectivity index (χ3v) is 3.64. The van der Waals surface area contributed by atoms with Crippen LogP contribution in [0.4, 0.5) is 4.79 Å². The van der Waals surface area contributed by atoms with E-state index in [1.54, 1.807) is 34.6 Å². The second-order valence-electron chi connectivity index (χ2n) is 5.32. The predicted molar refractivity (Wildman–Crippen MR) is 74.4 cm³/mol. The van der Waals surface area contributed by atoms with Gasteiger partial charge in [-0.1, -0.05) is 6.92 Å². The lowest BCUT2D eigenvalue weighted by Gasteiger charge is -2.22. The maximum atomic E-state index is 11.5. The van der Waals surface area contributed by atoms with E-state index in [1.807, 2.05) is 0 Å². The fourth-order valence-electron chi connectivity index (χ4n) is 1.01. The number of hydrogen-bond donors (Lipinski definition) is 3. The van der Waals surface area contributed by atoms with Gasteiger partial charge in [-0.2, -0.15) is 11.8 Å². The van der Waals surface area contributed by atoms with Gasteiger partial charge in [0.25, 0.3) is 0 Å². The van der Waals surface area contributed by atoms with Gasteiger partial charge in [0.05, 0.1) is 6.10 Å². The Morgan fingerprint density at radius 1 is 1.32 bits per heavy atom. The number of nitrogens with one attached hydrogen (secondary N) is 1. The second-order valence-corrected chi connectivity index (χ2v) is 6.73. The van der Waals surface area contributed by atoms with Gasteiger partial charge in [0.1, 0.15) is 11.6 Å². The molecule has 0 rings (SSSR count). The Bertz CT molecular complexity index is 314. The van der Waals surface area contributed by atoms with E-state index < -0.39 is 29.8 Å². The number of aliphatic hydroxyl groups excluding tert-OH is 1. The summed E-state index contributed by atoms with van der Waals surface area (Å²) in [5.74, 6) is -0.961. The summed E-state index contributed by atoms with van der Waals surface area (Å²) in [6.45, 7) is 8.53. The number of carboxylic acid groups (broad SMARTS) is 1. The number of carbonyl (C=O) groups excluding carboxylic acids is 1. The third kappa shape index (κ3) is 8.72. The molecule has 19 heavy (non-hydrogen) atoms. The number of carboxylic acids is 1. The first-order valence-corrected chi connectivity index (χ1v) is 7.10. The number of amides is 1. The normalized spacial score (nSPS) is 16.3. The predicted octanol–water partition coefficient (Wildman–Crippen LogP) is 1.47. The van der Waals surface area contributed by atoms with Gasteiger partial charge in [-0.05, 0) is 27.7 Å². The Kier molecular flexibility index (Phi) is 7.21. The molecule has 3 unspecified atom stereocenters. The Morgan fingerprint density at radius 3 is 2.21 bits per heavy atom. The number of hydrogen-bond acceptors (Lipinski definition) is 5. The number of aliphatic carboxylic acids is 1. The Labute approximate surface area is 117 Å². The van der Waals surface area contributed by atoms with E-state index in [1.165, 1.54) is 11.8 Å². The van der Waals surface area contributed by atoms with Crippen molar-refractivity contribution in [3.05, 3.63) is 0 Å². The van der Waals surface area contributed by atoms with E-state index in [2.05, 4.69) is 5.32 Å². The van der Waals surface area contributed by atoms with Crippen LogP contribution in [0.25, 0.3) is 0 Å². The highest BCUT2D eigenvalue weighted by atomic mass is 32.2. The average Bonchev–Trinajstić information content (AvgIpc) is 2.20. The van der Waals surface area contributed by atoms with Crippen molar-refractivity contribution in [3.8, 4) is 0 Å². The molecule has 0 spiro atoms. The summed E-state index contributed by atoms with van der Waals surface area (Å²) >= 11 is 1.28. The molecule has 0 aliphatic heterocycles. The largest absolute Gasteiger partial charge is 0.480 e. The molecule has 0 saturated carbocycles. The highest BCUT2D eigenvalue weighted by Gasteiger charge is 2.25. The molecule has 7 heteroatoms. The topological polar surface area (TPSA) is 95.9 Å². The zero-order valence-electron chi connectivity index (χ0n) is 12.0. The lowest BCUT2D eigenvalue weighted by molar-refractivity contribution is -0.138. The molecule has 0 fully saturated rings. The van der Waals surface area contributed by atoms with E-state index in [4.69, 9.17) is 9.84 Å². The Morgan fingerprint density at radius 2 is 1.84 bits per heavy atom. The minimum atomic E-state index is -1.13. The van der Waals surface area contributed by atoms with E-state index >= 15 is 0 Å². The monoisotopic (exact) mass is 293 g/mol. The van der Waals surface area contributed by atoms with Crippen LogP contribution >= 0.6 is 11.8 Å². The van der Waals surface area contributed by atoms with E-state index in [9.17, 15) is 14.7 Å². The number of carbonyl (C=O) groups is 2. The molecule has 112 valence electrons. The van der Waals surface area contributed by atoms with Crippen LogP contribution in [0.15, 0.2) is 0 Å². The van der Waals surface area contributed by atoms with Crippen LogP contribution in [-0.4, -0.2) is 51.0 Å². The van der Waals surface area contributed by atoms with E-state index in [0.29, 0.717) is 0 Å². The van der Waals surface area contributed by atoms with Crippen LogP contribution in [0, 0.1) is 0 Å². The minimum Gasteiger partial charge on any atom is -0.480 e. The summed E-state index contributed by atoms with van der Waals surface area (Å²) in [4.78, 5) is 22.5. The molecule has 3 N–H and O–H groups in total. The number of ether oxygens (including phenoxy) is 1. The van der Waals surface area contributed by atoms with Crippen molar-refractivity contribution in [2.24, 2.45) is 0 Å². The number of aliphatic hydroxyl groups is 1. The molecule has 0 heterocycles. The SMILES string of the molecule is CC(O)C(C)SCC(NC(=O)OC(C)(C)C)C(=O)O. The molecule has 0 aromatic rings. The first-order valence-electron chi connectivity index (χ1n) is 6.05. The molecule has 6 nitrogen and oxygen atoms in total. The summed E-state index contributed by atoms with van der Waals surface area (Å²) in [5, 5.41) is 20.5. The van der Waals surface area contributed by atoms with Gasteiger partial charge in [-0.15, -0.1) is 0 Å². The molecule has 3 atom stereocenters. The van der Waals surface area contributed by atoms with E-state index in [-0.39, 0.29) is 11.0 Å². The third-order valence-electron chi connectivity index (χ3n) is 2.19. The van der Waals surface area contributed by atoms with Crippen molar-refractivity contribution in [2.75, 3.05) is 5.75 Å². The fraction of sp³-hybridized carbons (Fsp3) is 0.833. The summed E-state index contributed by atoms with van der Waals surface area (Å²) in [6, 6.07) is -1.04. The lowest BCUT2D eigenvalue weighted by Crippen LogP contribution is -2.45. The number of thioether (sulfide) groups is 1. The molecule has 0 aliphatic rings. The zero-order valence-corrected chi connectivity index (χ0v) is 12.8. The number of rotatable bonds is 6. The maximum Gasteiger partial charge on any atom is 0.408 e. The molecule has 0 aromatic carbocycles. The molecule has 0 bridgehead atoms. The molecule has 0 saturated heterocycles. The van der Waals surface area contributed by atoms with E-state index in [0.717, 1.165) is 0 Å². The fourth-order valence-corrected chi connectivity index (χ4v) is 2.01. The first kappa shape index (κ1) is 18.0. The first-order chi connectivity index (χ1) is 8.53. The Hall–Kier alpha value is -0.950. The molecule has 0 aromatic heterocycles. The van der Waals surface area contributed by atoms with Crippen molar-refractivity contribution in [1.82, 2.24) is 5.32 Å². The van der Waals surface area contributed by atoms with Gasteiger partial charge >= 0.3 is 12.1 Å². The van der Waals surface area contributed by atoms with Crippen LogP contribution in [-0.2, 0) is 9.53 Å². The smallest absolute Gasteiger partial charge is 0.408 e. The quantitative estimate of drug-likeness (QED) is 0.686. The van der Waals surface area contributed by atoms with Crippen molar-refractivity contribution >= 4 is 23.8 Å². The molecule has 0 aliphatic carbocycles. The number of alkyl carbamates (subject to hydrolysis) is 1. The maximum absolute atomic E-state index is 11.5. The van der Waals surface area contributed by atoms with Crippen molar-refractivity contribution in [1.29, 1.82) is 0 Å². The summed E-state index contributed by atoms with van der Waals surface area (Å²) in [5.41, 5.74) is -0.673. The Balaban J connectivity index is 4.35. The molecular weight excluding hydrogens is 270 g/mol. The van der Waals surface area contributed by atoms with Gasteiger partial charge < -0.3 is 20.3 Å². The molecule has 1 amide bonds. The standard InChI is InChI=1S/C12H23NO5S/c1-7(14)8(2)19-6-9(10(15)16)13-11(17)18-12(3,4)5/h7-9,14H,6H2,1-5H3,(H,13,17)(H,15,16). The van der Waals surface area contributed by atoms with Gasteiger partial charge in [0.2, 0.25) is 0 Å². The van der Waals surface area contributed by atoms with Crippen LogP contribution in [0.5, 0.6) is 0 Å². The highest BCUT2D eigenvalue weighted by molar-refractivity contribution is 8.00. The van der Waals surface area contributed by atoms with Gasteiger partial charge in [0, 0.05) is 11.0 Å². The highest BCUT2D eigenvalue weighted by Crippen LogP contribution is 2.16. The minimum absolute atomic E-state index is 0.109. The molecule has 0 radical (unpaired) electrons. The molecular formula is C12H23NO5S. The summed E-state index contributed by atoms with van der Waals surface area (Å²) in [7, 11) is 0. The van der Waals surface area contributed by atoms with Crippen molar-refractivity contribution in [3.63, 3.8) is 0 Å².